The SMILES string of the molecule is C[C@]1(C[Si](C)(C)c2ccccc2)C(=O)N([C@H](CO)c2ccccc2)C(=O)O[C@@H]1c1ccccc1. The molecule has 0 unspecified atom stereocenters. The van der Waals surface area contributed by atoms with E-state index in [1.807, 2.05) is 85.8 Å². The number of imide groups is 1. The zero-order valence-corrected chi connectivity index (χ0v) is 20.8. The average Bonchev–Trinajstić information content (AvgIpc) is 2.85. The zero-order valence-electron chi connectivity index (χ0n) is 19.8. The smallest absolute Gasteiger partial charge is 0.417 e. The minimum atomic E-state index is -2.13. The summed E-state index contributed by atoms with van der Waals surface area (Å²) in [5.74, 6) is -0.308. The molecule has 4 rings (SSSR count). The van der Waals surface area contributed by atoms with Gasteiger partial charge in [-0.15, -0.1) is 0 Å². The van der Waals surface area contributed by atoms with Crippen LogP contribution < -0.4 is 5.19 Å². The van der Waals surface area contributed by atoms with Crippen LogP contribution in [0.5, 0.6) is 0 Å². The van der Waals surface area contributed by atoms with Gasteiger partial charge in [-0.2, -0.15) is 0 Å². The second-order valence-electron chi connectivity index (χ2n) is 9.80. The number of rotatable bonds is 7. The summed E-state index contributed by atoms with van der Waals surface area (Å²) < 4.78 is 6.03. The molecule has 1 heterocycles. The second kappa shape index (κ2) is 9.56. The number of aliphatic hydroxyl groups is 1. The topological polar surface area (TPSA) is 66.8 Å². The Bertz CT molecular complexity index is 1140. The van der Waals surface area contributed by atoms with Crippen LogP contribution in [-0.4, -0.2) is 36.7 Å². The van der Waals surface area contributed by atoms with E-state index in [2.05, 4.69) is 25.2 Å². The molecule has 0 saturated carbocycles. The standard InChI is InChI=1S/C28H31NO4Si/c1-28(20-34(2,3)23-17-11-6-12-18-23)25(22-15-9-5-10-16-22)33-27(32)29(26(28)31)24(19-30)21-13-7-4-8-14-21/h4-18,24-25,30H,19-20H2,1-3H3/t24-,25-,28-/m1/s1. The Labute approximate surface area is 202 Å². The van der Waals surface area contributed by atoms with E-state index in [-0.39, 0.29) is 12.5 Å². The number of cyclic esters (lactones) is 1. The number of hydrogen-bond donors (Lipinski definition) is 1. The van der Waals surface area contributed by atoms with Gasteiger partial charge in [0.1, 0.15) is 6.10 Å². The number of aliphatic hydroxyl groups excluding tert-OH is 1. The van der Waals surface area contributed by atoms with Crippen molar-refractivity contribution in [3.8, 4) is 0 Å². The van der Waals surface area contributed by atoms with Crippen LogP contribution in [-0.2, 0) is 9.53 Å². The molecule has 0 aliphatic carbocycles. The molecule has 3 atom stereocenters. The predicted octanol–water partition coefficient (Wildman–Crippen LogP) is 5.06. The Kier molecular flexibility index (Phi) is 6.73. The predicted molar refractivity (Wildman–Crippen MR) is 135 cm³/mol. The minimum absolute atomic E-state index is 0.308. The van der Waals surface area contributed by atoms with E-state index < -0.39 is 31.7 Å². The molecule has 34 heavy (non-hydrogen) atoms. The number of carbonyl (C=O) groups excluding carboxylic acids is 2. The number of ether oxygens (including phenoxy) is 1. The Morgan fingerprint density at radius 1 is 0.912 bits per heavy atom. The van der Waals surface area contributed by atoms with Gasteiger partial charge in [-0.05, 0) is 24.1 Å². The van der Waals surface area contributed by atoms with E-state index in [1.165, 1.54) is 5.19 Å². The molecule has 2 amide bonds. The lowest BCUT2D eigenvalue weighted by Gasteiger charge is -2.48. The molecule has 1 aliphatic rings. The average molecular weight is 474 g/mol. The quantitative estimate of drug-likeness (QED) is 0.487. The summed E-state index contributed by atoms with van der Waals surface area (Å²) in [5.41, 5.74) is 0.489. The lowest BCUT2D eigenvalue weighted by atomic mass is 9.79. The van der Waals surface area contributed by atoms with Crippen LogP contribution in [0.4, 0.5) is 4.79 Å². The van der Waals surface area contributed by atoms with Gasteiger partial charge in [0.05, 0.1) is 26.1 Å². The molecule has 0 aromatic heterocycles. The number of nitrogens with zero attached hydrogens (tertiary/aromatic N) is 1. The highest BCUT2D eigenvalue weighted by Crippen LogP contribution is 2.49. The van der Waals surface area contributed by atoms with Crippen LogP contribution in [0.1, 0.15) is 30.2 Å². The highest BCUT2D eigenvalue weighted by Gasteiger charge is 2.56. The highest BCUT2D eigenvalue weighted by molar-refractivity contribution is 6.90. The first-order valence-corrected chi connectivity index (χ1v) is 14.8. The summed E-state index contributed by atoms with van der Waals surface area (Å²) in [7, 11) is -2.13. The molecule has 176 valence electrons. The molecule has 1 saturated heterocycles. The first-order valence-electron chi connectivity index (χ1n) is 11.6. The second-order valence-corrected chi connectivity index (χ2v) is 14.5. The van der Waals surface area contributed by atoms with E-state index in [1.54, 1.807) is 0 Å². The van der Waals surface area contributed by atoms with Gasteiger partial charge in [-0.25, -0.2) is 9.69 Å². The van der Waals surface area contributed by atoms with Gasteiger partial charge in [0.2, 0.25) is 5.91 Å². The Hall–Kier alpha value is -3.22. The zero-order chi connectivity index (χ0) is 24.3. The third kappa shape index (κ3) is 4.43. The monoisotopic (exact) mass is 473 g/mol. The first-order chi connectivity index (χ1) is 16.3. The Morgan fingerprint density at radius 3 is 2.00 bits per heavy atom. The Balaban J connectivity index is 1.79. The van der Waals surface area contributed by atoms with Gasteiger partial charge >= 0.3 is 6.09 Å². The highest BCUT2D eigenvalue weighted by atomic mass is 28.3. The number of hydrogen-bond acceptors (Lipinski definition) is 4. The van der Waals surface area contributed by atoms with E-state index in [0.29, 0.717) is 11.6 Å². The lowest BCUT2D eigenvalue weighted by molar-refractivity contribution is -0.159. The maximum atomic E-state index is 14.3. The maximum absolute atomic E-state index is 14.3. The number of benzene rings is 3. The van der Waals surface area contributed by atoms with Crippen molar-refractivity contribution >= 4 is 25.3 Å². The molecule has 3 aromatic rings. The molecule has 1 aliphatic heterocycles. The van der Waals surface area contributed by atoms with Crippen molar-refractivity contribution in [1.29, 1.82) is 0 Å². The summed E-state index contributed by atoms with van der Waals surface area (Å²) in [5, 5.41) is 11.5. The molecular formula is C28H31NO4Si. The van der Waals surface area contributed by atoms with Gasteiger partial charge in [-0.1, -0.05) is 109 Å². The molecule has 6 heteroatoms. The van der Waals surface area contributed by atoms with E-state index in [9.17, 15) is 14.7 Å². The molecule has 3 aromatic carbocycles. The molecule has 0 spiro atoms. The van der Waals surface area contributed by atoms with Crippen LogP contribution >= 0.6 is 0 Å². The first kappa shape index (κ1) is 23.9. The molecule has 5 nitrogen and oxygen atoms in total. The van der Waals surface area contributed by atoms with E-state index >= 15 is 0 Å². The largest absolute Gasteiger partial charge is 0.440 e. The van der Waals surface area contributed by atoms with E-state index in [4.69, 9.17) is 4.74 Å². The fourth-order valence-corrected chi connectivity index (χ4v) is 8.65. The van der Waals surface area contributed by atoms with Crippen molar-refractivity contribution in [3.05, 3.63) is 102 Å². The summed E-state index contributed by atoms with van der Waals surface area (Å²) in [6.45, 7) is 6.01. The number of amides is 2. The maximum Gasteiger partial charge on any atom is 0.417 e. The summed E-state index contributed by atoms with van der Waals surface area (Å²) in [6, 6.07) is 28.7. The summed E-state index contributed by atoms with van der Waals surface area (Å²) in [4.78, 5) is 28.7. The van der Waals surface area contributed by atoms with Crippen LogP contribution in [0.2, 0.25) is 19.1 Å². The molecule has 0 bridgehead atoms. The van der Waals surface area contributed by atoms with Gasteiger partial charge in [0, 0.05) is 0 Å². The van der Waals surface area contributed by atoms with Crippen LogP contribution in [0.25, 0.3) is 0 Å². The van der Waals surface area contributed by atoms with Gasteiger partial charge in [0.15, 0.2) is 0 Å². The van der Waals surface area contributed by atoms with Crippen molar-refractivity contribution in [2.75, 3.05) is 6.61 Å². The molecule has 0 radical (unpaired) electrons. The fourth-order valence-electron chi connectivity index (χ4n) is 5.18. The van der Waals surface area contributed by atoms with E-state index in [0.717, 1.165) is 10.5 Å². The van der Waals surface area contributed by atoms with Crippen molar-refractivity contribution in [1.82, 2.24) is 4.90 Å². The molecule has 1 fully saturated rings. The third-order valence-corrected chi connectivity index (χ3v) is 10.4. The van der Waals surface area contributed by atoms with Crippen molar-refractivity contribution in [2.24, 2.45) is 5.41 Å². The molecular weight excluding hydrogens is 442 g/mol. The van der Waals surface area contributed by atoms with Crippen LogP contribution in [0.15, 0.2) is 91.0 Å². The summed E-state index contributed by atoms with van der Waals surface area (Å²) >= 11 is 0. The van der Waals surface area contributed by atoms with Gasteiger partial charge in [-0.3, -0.25) is 4.79 Å². The minimum Gasteiger partial charge on any atom is -0.440 e. The third-order valence-electron chi connectivity index (χ3n) is 6.84. The summed E-state index contributed by atoms with van der Waals surface area (Å²) in [6.07, 6.45) is -1.44. The number of carbonyl (C=O) groups is 2. The van der Waals surface area contributed by atoms with Crippen molar-refractivity contribution in [2.45, 2.75) is 38.2 Å². The molecule has 1 N–H and O–H groups in total. The van der Waals surface area contributed by atoms with Gasteiger partial charge < -0.3 is 9.84 Å². The Morgan fingerprint density at radius 2 is 1.44 bits per heavy atom. The normalized spacial score (nSPS) is 21.8. The van der Waals surface area contributed by atoms with Crippen LogP contribution in [0, 0.1) is 5.41 Å². The van der Waals surface area contributed by atoms with Crippen molar-refractivity contribution < 1.29 is 19.4 Å². The van der Waals surface area contributed by atoms with Gasteiger partial charge in [0.25, 0.3) is 0 Å². The fraction of sp³-hybridized carbons (Fsp3) is 0.286. The lowest BCUT2D eigenvalue weighted by Crippen LogP contribution is -2.59. The van der Waals surface area contributed by atoms with Crippen molar-refractivity contribution in [3.63, 3.8) is 0 Å². The van der Waals surface area contributed by atoms with Crippen LogP contribution in [0.3, 0.4) is 0 Å².